The van der Waals surface area contributed by atoms with Gasteiger partial charge in [0.1, 0.15) is 0 Å². The maximum Gasteiger partial charge on any atom is 0.225 e. The molecule has 2 aromatic carbocycles. The standard InChI is InChI=1S/C21H24N2O2/c24-20-12-17(14-23(20)18-9-2-3-10-18)21(25)22-13-16-8-5-7-15-6-1-4-11-19(15)16/h1,4-8,11,17-18H,2-3,9-10,12-14H2,(H,22,25)/t17-/m1/s1. The number of amides is 2. The molecule has 25 heavy (non-hydrogen) atoms. The number of carbonyl (C=O) groups excluding carboxylic acids is 2. The van der Waals surface area contributed by atoms with E-state index in [9.17, 15) is 9.59 Å². The lowest BCUT2D eigenvalue weighted by Crippen LogP contribution is -2.36. The third kappa shape index (κ3) is 3.26. The molecule has 1 saturated carbocycles. The molecular weight excluding hydrogens is 312 g/mol. The van der Waals surface area contributed by atoms with Crippen LogP contribution >= 0.6 is 0 Å². The molecule has 2 fully saturated rings. The van der Waals surface area contributed by atoms with Crippen LogP contribution in [-0.4, -0.2) is 29.3 Å². The van der Waals surface area contributed by atoms with Crippen molar-refractivity contribution in [1.29, 1.82) is 0 Å². The number of nitrogens with one attached hydrogen (secondary N) is 1. The van der Waals surface area contributed by atoms with Gasteiger partial charge in [-0.25, -0.2) is 0 Å². The third-order valence-corrected chi connectivity index (χ3v) is 5.63. The molecule has 1 atom stereocenters. The van der Waals surface area contributed by atoms with Gasteiger partial charge in [0.15, 0.2) is 0 Å². The summed E-state index contributed by atoms with van der Waals surface area (Å²) in [4.78, 5) is 26.8. The van der Waals surface area contributed by atoms with Crippen LogP contribution in [0.15, 0.2) is 42.5 Å². The molecule has 0 radical (unpaired) electrons. The second-order valence-corrected chi connectivity index (χ2v) is 7.24. The van der Waals surface area contributed by atoms with E-state index in [0.717, 1.165) is 18.4 Å². The Hall–Kier alpha value is -2.36. The number of benzene rings is 2. The molecule has 1 aliphatic heterocycles. The molecule has 2 aliphatic rings. The quantitative estimate of drug-likeness (QED) is 0.932. The Balaban J connectivity index is 1.40. The van der Waals surface area contributed by atoms with E-state index in [-0.39, 0.29) is 17.7 Å². The highest BCUT2D eigenvalue weighted by Gasteiger charge is 2.38. The van der Waals surface area contributed by atoms with Crippen LogP contribution < -0.4 is 5.32 Å². The number of hydrogen-bond acceptors (Lipinski definition) is 2. The predicted octanol–water partition coefficient (Wildman–Crippen LogP) is 3.25. The largest absolute Gasteiger partial charge is 0.352 e. The van der Waals surface area contributed by atoms with Crippen LogP contribution in [0.2, 0.25) is 0 Å². The maximum atomic E-state index is 12.6. The summed E-state index contributed by atoms with van der Waals surface area (Å²) in [5.74, 6) is -0.0536. The minimum Gasteiger partial charge on any atom is -0.352 e. The van der Waals surface area contributed by atoms with Crippen molar-refractivity contribution in [1.82, 2.24) is 10.2 Å². The first-order valence-electron chi connectivity index (χ1n) is 9.26. The van der Waals surface area contributed by atoms with Crippen molar-refractivity contribution in [3.05, 3.63) is 48.0 Å². The Morgan fingerprint density at radius 1 is 1.08 bits per heavy atom. The first kappa shape index (κ1) is 16.1. The predicted molar refractivity (Wildman–Crippen MR) is 97.9 cm³/mol. The Labute approximate surface area is 148 Å². The van der Waals surface area contributed by atoms with E-state index in [4.69, 9.17) is 0 Å². The van der Waals surface area contributed by atoms with E-state index in [1.54, 1.807) is 0 Å². The number of rotatable bonds is 4. The fourth-order valence-corrected chi connectivity index (χ4v) is 4.25. The fraction of sp³-hybridized carbons (Fsp3) is 0.429. The molecule has 0 aromatic heterocycles. The highest BCUT2D eigenvalue weighted by molar-refractivity contribution is 5.90. The van der Waals surface area contributed by atoms with Gasteiger partial charge >= 0.3 is 0 Å². The van der Waals surface area contributed by atoms with Crippen LogP contribution in [0.25, 0.3) is 10.8 Å². The van der Waals surface area contributed by atoms with E-state index < -0.39 is 0 Å². The van der Waals surface area contributed by atoms with Crippen LogP contribution in [0, 0.1) is 5.92 Å². The Bertz CT molecular complexity index is 790. The molecule has 0 unspecified atom stereocenters. The van der Waals surface area contributed by atoms with Crippen molar-refractivity contribution < 1.29 is 9.59 Å². The van der Waals surface area contributed by atoms with Crippen molar-refractivity contribution in [2.45, 2.75) is 44.7 Å². The Kier molecular flexibility index (Phi) is 4.43. The zero-order valence-electron chi connectivity index (χ0n) is 14.4. The number of nitrogens with zero attached hydrogens (tertiary/aromatic N) is 1. The summed E-state index contributed by atoms with van der Waals surface area (Å²) in [6.45, 7) is 1.10. The van der Waals surface area contributed by atoms with Crippen molar-refractivity contribution in [2.24, 2.45) is 5.92 Å². The number of likely N-dealkylation sites (tertiary alicyclic amines) is 1. The molecule has 2 aromatic rings. The molecule has 1 N–H and O–H groups in total. The van der Waals surface area contributed by atoms with Crippen LogP contribution in [0.5, 0.6) is 0 Å². The van der Waals surface area contributed by atoms with Crippen LogP contribution in [0.1, 0.15) is 37.7 Å². The lowest BCUT2D eigenvalue weighted by Gasteiger charge is -2.23. The molecular formula is C21H24N2O2. The van der Waals surface area contributed by atoms with E-state index in [1.807, 2.05) is 29.2 Å². The van der Waals surface area contributed by atoms with Gasteiger partial charge < -0.3 is 10.2 Å². The van der Waals surface area contributed by atoms with Gasteiger partial charge in [-0.3, -0.25) is 9.59 Å². The van der Waals surface area contributed by atoms with Gasteiger partial charge in [0.2, 0.25) is 11.8 Å². The topological polar surface area (TPSA) is 49.4 Å². The third-order valence-electron chi connectivity index (χ3n) is 5.63. The molecule has 4 rings (SSSR count). The zero-order chi connectivity index (χ0) is 17.2. The molecule has 0 bridgehead atoms. The molecule has 1 heterocycles. The smallest absolute Gasteiger partial charge is 0.225 e. The van der Waals surface area contributed by atoms with Crippen molar-refractivity contribution >= 4 is 22.6 Å². The fourth-order valence-electron chi connectivity index (χ4n) is 4.25. The van der Waals surface area contributed by atoms with E-state index in [1.165, 1.54) is 23.6 Å². The molecule has 130 valence electrons. The van der Waals surface area contributed by atoms with Gasteiger partial charge in [-0.05, 0) is 29.2 Å². The summed E-state index contributed by atoms with van der Waals surface area (Å²) < 4.78 is 0. The summed E-state index contributed by atoms with van der Waals surface area (Å²) in [5.41, 5.74) is 1.11. The van der Waals surface area contributed by atoms with Crippen molar-refractivity contribution in [3.8, 4) is 0 Å². The number of fused-ring (bicyclic) bond motifs is 1. The van der Waals surface area contributed by atoms with E-state index >= 15 is 0 Å². The second-order valence-electron chi connectivity index (χ2n) is 7.24. The average Bonchev–Trinajstić information content (AvgIpc) is 3.29. The van der Waals surface area contributed by atoms with Gasteiger partial charge in [0, 0.05) is 25.6 Å². The second kappa shape index (κ2) is 6.87. The van der Waals surface area contributed by atoms with E-state index in [2.05, 4.69) is 23.5 Å². The van der Waals surface area contributed by atoms with Crippen LogP contribution in [0.4, 0.5) is 0 Å². The summed E-state index contributed by atoms with van der Waals surface area (Å²) in [7, 11) is 0. The first-order valence-corrected chi connectivity index (χ1v) is 9.26. The van der Waals surface area contributed by atoms with Crippen molar-refractivity contribution in [2.75, 3.05) is 6.54 Å². The molecule has 4 heteroatoms. The SMILES string of the molecule is O=C(NCc1cccc2ccccc12)[C@@H]1CC(=O)N(C2CCCC2)C1. The lowest BCUT2D eigenvalue weighted by molar-refractivity contribution is -0.130. The minimum atomic E-state index is -0.205. The normalized spacial score (nSPS) is 21.2. The monoisotopic (exact) mass is 336 g/mol. The first-order chi connectivity index (χ1) is 12.2. The average molecular weight is 336 g/mol. The van der Waals surface area contributed by atoms with E-state index in [0.29, 0.717) is 25.6 Å². The highest BCUT2D eigenvalue weighted by atomic mass is 16.2. The zero-order valence-corrected chi connectivity index (χ0v) is 14.4. The molecule has 0 spiro atoms. The summed E-state index contributed by atoms with van der Waals surface area (Å²) >= 11 is 0. The maximum absolute atomic E-state index is 12.6. The molecule has 2 amide bonds. The molecule has 1 saturated heterocycles. The number of hydrogen-bond donors (Lipinski definition) is 1. The van der Waals surface area contributed by atoms with Gasteiger partial charge in [0.05, 0.1) is 5.92 Å². The summed E-state index contributed by atoms with van der Waals surface area (Å²) in [5, 5.41) is 5.39. The Morgan fingerprint density at radius 3 is 2.68 bits per heavy atom. The van der Waals surface area contributed by atoms with Gasteiger partial charge in [-0.1, -0.05) is 55.3 Å². The van der Waals surface area contributed by atoms with Crippen LogP contribution in [0.3, 0.4) is 0 Å². The Morgan fingerprint density at radius 2 is 1.84 bits per heavy atom. The lowest BCUT2D eigenvalue weighted by atomic mass is 10.0. The van der Waals surface area contributed by atoms with Gasteiger partial charge in [0.25, 0.3) is 0 Å². The molecule has 1 aliphatic carbocycles. The summed E-state index contributed by atoms with van der Waals surface area (Å²) in [6.07, 6.45) is 4.95. The van der Waals surface area contributed by atoms with Crippen LogP contribution in [-0.2, 0) is 16.1 Å². The highest BCUT2D eigenvalue weighted by Crippen LogP contribution is 2.29. The minimum absolute atomic E-state index is 0.00165. The molecule has 4 nitrogen and oxygen atoms in total. The summed E-state index contributed by atoms with van der Waals surface area (Å²) in [6, 6.07) is 14.7. The van der Waals surface area contributed by atoms with Gasteiger partial charge in [-0.2, -0.15) is 0 Å². The number of carbonyl (C=O) groups is 2. The van der Waals surface area contributed by atoms with Gasteiger partial charge in [-0.15, -0.1) is 0 Å². The van der Waals surface area contributed by atoms with Crippen molar-refractivity contribution in [3.63, 3.8) is 0 Å².